The molecule has 1 amide bonds. The zero-order valence-corrected chi connectivity index (χ0v) is 15.0. The molecule has 0 saturated carbocycles. The lowest BCUT2D eigenvalue weighted by molar-refractivity contribution is 0.0746. The van der Waals surface area contributed by atoms with E-state index >= 15 is 0 Å². The Morgan fingerprint density at radius 1 is 0.808 bits per heavy atom. The Morgan fingerprint density at radius 3 is 2.27 bits per heavy atom. The normalized spacial score (nSPS) is 18.1. The minimum absolute atomic E-state index is 0.113. The van der Waals surface area contributed by atoms with Gasteiger partial charge in [0.15, 0.2) is 0 Å². The molecule has 2 saturated heterocycles. The van der Waals surface area contributed by atoms with Crippen LogP contribution in [0.3, 0.4) is 0 Å². The Balaban J connectivity index is 1.39. The predicted molar refractivity (Wildman–Crippen MR) is 103 cm³/mol. The van der Waals surface area contributed by atoms with Gasteiger partial charge in [-0.25, -0.2) is 4.98 Å². The summed E-state index contributed by atoms with van der Waals surface area (Å²) in [6.45, 7) is 5.13. The summed E-state index contributed by atoms with van der Waals surface area (Å²) in [7, 11) is 0. The summed E-state index contributed by atoms with van der Waals surface area (Å²) < 4.78 is 0. The van der Waals surface area contributed by atoms with E-state index in [4.69, 9.17) is 4.98 Å². The van der Waals surface area contributed by atoms with Gasteiger partial charge in [-0.15, -0.1) is 0 Å². The van der Waals surface area contributed by atoms with E-state index in [2.05, 4.69) is 14.8 Å². The van der Waals surface area contributed by atoms with Crippen LogP contribution in [0.25, 0.3) is 0 Å². The molecule has 2 aromatic rings. The van der Waals surface area contributed by atoms with E-state index in [0.717, 1.165) is 56.6 Å². The van der Waals surface area contributed by atoms with Crippen molar-refractivity contribution in [2.75, 3.05) is 49.1 Å². The number of aromatic nitrogens is 2. The van der Waals surface area contributed by atoms with Crippen molar-refractivity contribution in [3.63, 3.8) is 0 Å². The van der Waals surface area contributed by atoms with Gasteiger partial charge >= 0.3 is 0 Å². The monoisotopic (exact) mass is 351 g/mol. The van der Waals surface area contributed by atoms with Gasteiger partial charge in [0.25, 0.3) is 5.91 Å². The molecule has 6 heteroatoms. The van der Waals surface area contributed by atoms with Gasteiger partial charge < -0.3 is 14.7 Å². The van der Waals surface area contributed by atoms with Crippen molar-refractivity contribution in [1.29, 1.82) is 0 Å². The van der Waals surface area contributed by atoms with Gasteiger partial charge in [-0.05, 0) is 37.5 Å². The van der Waals surface area contributed by atoms with E-state index in [1.165, 1.54) is 19.3 Å². The molecule has 4 rings (SSSR count). The first kappa shape index (κ1) is 16.8. The average molecular weight is 351 g/mol. The first-order valence-corrected chi connectivity index (χ1v) is 9.48. The third-order valence-electron chi connectivity index (χ3n) is 5.18. The van der Waals surface area contributed by atoms with E-state index in [1.807, 2.05) is 47.5 Å². The summed E-state index contributed by atoms with van der Waals surface area (Å²) >= 11 is 0. The summed E-state index contributed by atoms with van der Waals surface area (Å²) in [4.78, 5) is 28.3. The van der Waals surface area contributed by atoms with Crippen LogP contribution in [0.2, 0.25) is 0 Å². The standard InChI is InChI=1S/C20H25N5O/c26-19(17-7-3-1-4-8-17)24-15-13-23(14-16-24)18-9-10-21-20(22-18)25-11-5-2-6-12-25/h1,3-4,7-10H,2,5-6,11-16H2. The fourth-order valence-corrected chi connectivity index (χ4v) is 3.66. The summed E-state index contributed by atoms with van der Waals surface area (Å²) in [6.07, 6.45) is 5.59. The number of rotatable bonds is 3. The zero-order valence-electron chi connectivity index (χ0n) is 15.0. The Hall–Kier alpha value is -2.63. The molecule has 1 aromatic carbocycles. The number of carbonyl (C=O) groups is 1. The molecule has 0 N–H and O–H groups in total. The summed E-state index contributed by atoms with van der Waals surface area (Å²) in [5.41, 5.74) is 0.760. The van der Waals surface area contributed by atoms with Crippen molar-refractivity contribution in [2.24, 2.45) is 0 Å². The molecule has 2 aliphatic rings. The molecule has 0 spiro atoms. The van der Waals surface area contributed by atoms with Gasteiger partial charge in [0, 0.05) is 51.0 Å². The molecule has 2 aliphatic heterocycles. The van der Waals surface area contributed by atoms with Crippen LogP contribution in [0.1, 0.15) is 29.6 Å². The highest BCUT2D eigenvalue weighted by molar-refractivity contribution is 5.94. The fourth-order valence-electron chi connectivity index (χ4n) is 3.66. The van der Waals surface area contributed by atoms with Crippen LogP contribution in [-0.4, -0.2) is 60.0 Å². The van der Waals surface area contributed by atoms with E-state index in [1.54, 1.807) is 0 Å². The van der Waals surface area contributed by atoms with E-state index in [9.17, 15) is 4.79 Å². The number of piperazine rings is 1. The minimum Gasteiger partial charge on any atom is -0.353 e. The number of piperidine rings is 1. The molecule has 26 heavy (non-hydrogen) atoms. The molecule has 0 bridgehead atoms. The number of anilines is 2. The van der Waals surface area contributed by atoms with Crippen molar-refractivity contribution in [3.05, 3.63) is 48.2 Å². The van der Waals surface area contributed by atoms with Gasteiger partial charge in [-0.2, -0.15) is 4.98 Å². The predicted octanol–water partition coefficient (Wildman–Crippen LogP) is 2.43. The van der Waals surface area contributed by atoms with E-state index in [-0.39, 0.29) is 5.91 Å². The third kappa shape index (κ3) is 3.64. The van der Waals surface area contributed by atoms with Crippen molar-refractivity contribution in [3.8, 4) is 0 Å². The molecule has 2 fully saturated rings. The minimum atomic E-state index is 0.113. The average Bonchev–Trinajstić information content (AvgIpc) is 2.75. The maximum absolute atomic E-state index is 12.6. The second-order valence-corrected chi connectivity index (χ2v) is 6.91. The van der Waals surface area contributed by atoms with Gasteiger partial charge in [0.1, 0.15) is 5.82 Å². The topological polar surface area (TPSA) is 52.6 Å². The molecule has 0 atom stereocenters. The highest BCUT2D eigenvalue weighted by Crippen LogP contribution is 2.20. The Kier molecular flexibility index (Phi) is 5.00. The lowest BCUT2D eigenvalue weighted by Crippen LogP contribution is -2.49. The molecule has 6 nitrogen and oxygen atoms in total. The lowest BCUT2D eigenvalue weighted by Gasteiger charge is -2.36. The van der Waals surface area contributed by atoms with Crippen LogP contribution in [0.5, 0.6) is 0 Å². The molecule has 136 valence electrons. The second-order valence-electron chi connectivity index (χ2n) is 6.91. The highest BCUT2D eigenvalue weighted by Gasteiger charge is 2.23. The first-order valence-electron chi connectivity index (χ1n) is 9.48. The lowest BCUT2D eigenvalue weighted by atomic mass is 10.1. The van der Waals surface area contributed by atoms with Crippen LogP contribution in [0.4, 0.5) is 11.8 Å². The number of amides is 1. The Morgan fingerprint density at radius 2 is 1.54 bits per heavy atom. The summed E-state index contributed by atoms with van der Waals surface area (Å²) in [5, 5.41) is 0. The Labute approximate surface area is 154 Å². The molecular formula is C20H25N5O. The molecule has 1 aromatic heterocycles. The quantitative estimate of drug-likeness (QED) is 0.850. The molecule has 0 aliphatic carbocycles. The van der Waals surface area contributed by atoms with Crippen LogP contribution in [0, 0.1) is 0 Å². The number of hydrogen-bond acceptors (Lipinski definition) is 5. The number of carbonyl (C=O) groups excluding carboxylic acids is 1. The van der Waals surface area contributed by atoms with Gasteiger partial charge in [-0.1, -0.05) is 18.2 Å². The van der Waals surface area contributed by atoms with Crippen molar-refractivity contribution >= 4 is 17.7 Å². The molecular weight excluding hydrogens is 326 g/mol. The van der Waals surface area contributed by atoms with E-state index < -0.39 is 0 Å². The van der Waals surface area contributed by atoms with Crippen LogP contribution in [-0.2, 0) is 0 Å². The highest BCUT2D eigenvalue weighted by atomic mass is 16.2. The van der Waals surface area contributed by atoms with Gasteiger partial charge in [-0.3, -0.25) is 4.79 Å². The smallest absolute Gasteiger partial charge is 0.253 e. The Bertz CT molecular complexity index is 737. The number of hydrogen-bond donors (Lipinski definition) is 0. The van der Waals surface area contributed by atoms with E-state index in [0.29, 0.717) is 0 Å². The summed E-state index contributed by atoms with van der Waals surface area (Å²) in [5.74, 6) is 1.92. The maximum atomic E-state index is 12.6. The third-order valence-corrected chi connectivity index (χ3v) is 5.18. The number of nitrogens with zero attached hydrogens (tertiary/aromatic N) is 5. The van der Waals surface area contributed by atoms with Crippen LogP contribution in [0.15, 0.2) is 42.6 Å². The second kappa shape index (κ2) is 7.72. The largest absolute Gasteiger partial charge is 0.353 e. The number of benzene rings is 1. The van der Waals surface area contributed by atoms with Gasteiger partial charge in [0.05, 0.1) is 0 Å². The molecule has 0 radical (unpaired) electrons. The molecule has 0 unspecified atom stereocenters. The van der Waals surface area contributed by atoms with Crippen LogP contribution >= 0.6 is 0 Å². The first-order chi connectivity index (χ1) is 12.8. The van der Waals surface area contributed by atoms with Gasteiger partial charge in [0.2, 0.25) is 5.95 Å². The molecule has 3 heterocycles. The maximum Gasteiger partial charge on any atom is 0.253 e. The zero-order chi connectivity index (χ0) is 17.8. The SMILES string of the molecule is O=C(c1ccccc1)N1CCN(c2ccnc(N3CCCCC3)n2)CC1. The van der Waals surface area contributed by atoms with Crippen LogP contribution < -0.4 is 9.80 Å². The summed E-state index contributed by atoms with van der Waals surface area (Å²) in [6, 6.07) is 11.5. The van der Waals surface area contributed by atoms with Crippen molar-refractivity contribution < 1.29 is 4.79 Å². The fraction of sp³-hybridized carbons (Fsp3) is 0.450. The van der Waals surface area contributed by atoms with Crippen molar-refractivity contribution in [1.82, 2.24) is 14.9 Å². The van der Waals surface area contributed by atoms with Crippen molar-refractivity contribution in [2.45, 2.75) is 19.3 Å².